The van der Waals surface area contributed by atoms with E-state index in [1.807, 2.05) is 39.1 Å². The molecule has 0 atom stereocenters. The fourth-order valence-electron chi connectivity index (χ4n) is 2.33. The number of aryl methyl sites for hydroxylation is 1. The van der Waals surface area contributed by atoms with E-state index in [1.54, 1.807) is 4.52 Å². The van der Waals surface area contributed by atoms with E-state index in [2.05, 4.69) is 16.5 Å². The molecule has 110 valence electrons. The normalized spacial score (nSPS) is 14.8. The zero-order valence-electron chi connectivity index (χ0n) is 12.9. The molecule has 21 heavy (non-hydrogen) atoms. The number of carbonyl (C=O) groups is 1. The number of pyridine rings is 1. The van der Waals surface area contributed by atoms with Crippen LogP contribution in [0.3, 0.4) is 0 Å². The van der Waals surface area contributed by atoms with Crippen molar-refractivity contribution in [1.29, 1.82) is 5.26 Å². The predicted octanol–water partition coefficient (Wildman–Crippen LogP) is 3.18. The number of carbonyl (C=O) groups excluding carboxylic acids is 1. The Morgan fingerprint density at radius 3 is 2.62 bits per heavy atom. The summed E-state index contributed by atoms with van der Waals surface area (Å²) >= 11 is 0. The highest BCUT2D eigenvalue weighted by Gasteiger charge is 2.45. The van der Waals surface area contributed by atoms with Crippen LogP contribution < -0.4 is 5.32 Å². The third kappa shape index (κ3) is 2.62. The Kier molecular flexibility index (Phi) is 3.99. The SMILES string of the molecule is CC.CC(=O)Nc1nn2cc(C3(C#N)CC3)ccc2c1C. The van der Waals surface area contributed by atoms with E-state index in [0.29, 0.717) is 5.82 Å². The van der Waals surface area contributed by atoms with Gasteiger partial charge in [0.2, 0.25) is 5.91 Å². The molecule has 5 heteroatoms. The zero-order valence-corrected chi connectivity index (χ0v) is 12.9. The second-order valence-corrected chi connectivity index (χ2v) is 5.10. The number of hydrogen-bond acceptors (Lipinski definition) is 3. The third-order valence-corrected chi connectivity index (χ3v) is 3.69. The van der Waals surface area contributed by atoms with Gasteiger partial charge in [-0.15, -0.1) is 5.10 Å². The van der Waals surface area contributed by atoms with Gasteiger partial charge in [-0.1, -0.05) is 19.9 Å². The first-order chi connectivity index (χ1) is 10.1. The van der Waals surface area contributed by atoms with Crippen molar-refractivity contribution in [2.75, 3.05) is 5.32 Å². The Hall–Kier alpha value is -2.35. The predicted molar refractivity (Wildman–Crippen MR) is 82.1 cm³/mol. The van der Waals surface area contributed by atoms with Crippen LogP contribution in [0.15, 0.2) is 18.3 Å². The summed E-state index contributed by atoms with van der Waals surface area (Å²) in [5.41, 5.74) is 2.56. The van der Waals surface area contributed by atoms with Gasteiger partial charge in [-0.3, -0.25) is 4.79 Å². The molecule has 0 saturated heterocycles. The molecule has 2 aromatic heterocycles. The van der Waals surface area contributed by atoms with Crippen molar-refractivity contribution in [3.8, 4) is 6.07 Å². The zero-order chi connectivity index (χ0) is 15.6. The molecule has 0 aliphatic heterocycles. The van der Waals surface area contributed by atoms with Crippen molar-refractivity contribution in [3.63, 3.8) is 0 Å². The average Bonchev–Trinajstić information content (AvgIpc) is 3.23. The van der Waals surface area contributed by atoms with Crippen LogP contribution in [0.1, 0.15) is 44.7 Å². The highest BCUT2D eigenvalue weighted by Crippen LogP contribution is 2.47. The summed E-state index contributed by atoms with van der Waals surface area (Å²) in [6.45, 7) is 7.38. The first-order valence-corrected chi connectivity index (χ1v) is 7.24. The third-order valence-electron chi connectivity index (χ3n) is 3.69. The van der Waals surface area contributed by atoms with E-state index in [1.165, 1.54) is 6.92 Å². The van der Waals surface area contributed by atoms with Gasteiger partial charge in [0.25, 0.3) is 0 Å². The minimum absolute atomic E-state index is 0.137. The van der Waals surface area contributed by atoms with Crippen molar-refractivity contribution < 1.29 is 4.79 Å². The summed E-state index contributed by atoms with van der Waals surface area (Å²) in [6.07, 6.45) is 3.71. The molecule has 3 rings (SSSR count). The van der Waals surface area contributed by atoms with Gasteiger partial charge in [0.1, 0.15) is 0 Å². The molecule has 1 saturated carbocycles. The van der Waals surface area contributed by atoms with Crippen LogP contribution in [0, 0.1) is 18.3 Å². The lowest BCUT2D eigenvalue weighted by atomic mass is 10.00. The second kappa shape index (κ2) is 5.57. The Bertz CT molecular complexity index is 720. The summed E-state index contributed by atoms with van der Waals surface area (Å²) in [4.78, 5) is 11.1. The van der Waals surface area contributed by atoms with Crippen LogP contribution in [-0.4, -0.2) is 15.5 Å². The summed E-state index contributed by atoms with van der Waals surface area (Å²) in [6, 6.07) is 6.32. The molecule has 5 nitrogen and oxygen atoms in total. The van der Waals surface area contributed by atoms with Crippen LogP contribution in [0.5, 0.6) is 0 Å². The lowest BCUT2D eigenvalue weighted by Crippen LogP contribution is -2.07. The van der Waals surface area contributed by atoms with E-state index >= 15 is 0 Å². The van der Waals surface area contributed by atoms with Gasteiger partial charge in [-0.2, -0.15) is 5.26 Å². The van der Waals surface area contributed by atoms with Gasteiger partial charge in [-0.05, 0) is 31.4 Å². The fourth-order valence-corrected chi connectivity index (χ4v) is 2.33. The first-order valence-electron chi connectivity index (χ1n) is 7.24. The Morgan fingerprint density at radius 2 is 2.10 bits per heavy atom. The monoisotopic (exact) mass is 284 g/mol. The van der Waals surface area contributed by atoms with Crippen molar-refractivity contribution in [2.45, 2.75) is 46.0 Å². The number of amides is 1. The highest BCUT2D eigenvalue weighted by molar-refractivity contribution is 5.89. The van der Waals surface area contributed by atoms with Crippen LogP contribution in [-0.2, 0) is 10.2 Å². The van der Waals surface area contributed by atoms with E-state index in [4.69, 9.17) is 0 Å². The maximum atomic E-state index is 11.1. The van der Waals surface area contributed by atoms with Gasteiger partial charge in [-0.25, -0.2) is 4.52 Å². The largest absolute Gasteiger partial charge is 0.309 e. The molecule has 0 spiro atoms. The van der Waals surface area contributed by atoms with Crippen LogP contribution >= 0.6 is 0 Å². The second-order valence-electron chi connectivity index (χ2n) is 5.10. The quantitative estimate of drug-likeness (QED) is 0.920. The molecule has 1 N–H and O–H groups in total. The molecule has 0 aromatic carbocycles. The summed E-state index contributed by atoms with van der Waals surface area (Å²) in [5.74, 6) is 0.439. The molecule has 0 bridgehead atoms. The number of aromatic nitrogens is 2. The van der Waals surface area contributed by atoms with Gasteiger partial charge in [0.05, 0.1) is 17.0 Å². The number of rotatable bonds is 2. The van der Waals surface area contributed by atoms with Crippen LogP contribution in [0.4, 0.5) is 5.82 Å². The number of hydrogen-bond donors (Lipinski definition) is 1. The molecule has 2 heterocycles. The molecule has 1 amide bonds. The van der Waals surface area contributed by atoms with Crippen molar-refractivity contribution in [3.05, 3.63) is 29.5 Å². The maximum absolute atomic E-state index is 11.1. The van der Waals surface area contributed by atoms with Crippen LogP contribution in [0.25, 0.3) is 5.52 Å². The van der Waals surface area contributed by atoms with Crippen molar-refractivity contribution in [1.82, 2.24) is 9.61 Å². The minimum Gasteiger partial charge on any atom is -0.309 e. The minimum atomic E-state index is -0.317. The fraction of sp³-hybridized carbons (Fsp3) is 0.438. The van der Waals surface area contributed by atoms with Gasteiger partial charge in [0, 0.05) is 18.7 Å². The maximum Gasteiger partial charge on any atom is 0.222 e. The first kappa shape index (κ1) is 15.0. The Balaban J connectivity index is 0.000000774. The Labute approximate surface area is 124 Å². The Morgan fingerprint density at radius 1 is 1.43 bits per heavy atom. The summed E-state index contributed by atoms with van der Waals surface area (Å²) in [5, 5.41) is 16.3. The van der Waals surface area contributed by atoms with E-state index < -0.39 is 0 Å². The molecule has 0 unspecified atom stereocenters. The number of anilines is 1. The lowest BCUT2D eigenvalue weighted by molar-refractivity contribution is -0.114. The molecule has 1 aliphatic rings. The van der Waals surface area contributed by atoms with Crippen molar-refractivity contribution in [2.24, 2.45) is 0 Å². The molecule has 1 aliphatic carbocycles. The summed E-state index contributed by atoms with van der Waals surface area (Å²) < 4.78 is 1.74. The van der Waals surface area contributed by atoms with E-state index in [9.17, 15) is 10.1 Å². The molecular formula is C16H20N4O. The topological polar surface area (TPSA) is 70.2 Å². The van der Waals surface area contributed by atoms with Gasteiger partial charge >= 0.3 is 0 Å². The highest BCUT2D eigenvalue weighted by atomic mass is 16.1. The van der Waals surface area contributed by atoms with E-state index in [-0.39, 0.29) is 11.3 Å². The average molecular weight is 284 g/mol. The molecule has 1 fully saturated rings. The summed E-state index contributed by atoms with van der Waals surface area (Å²) in [7, 11) is 0. The van der Waals surface area contributed by atoms with Crippen LogP contribution in [0.2, 0.25) is 0 Å². The number of fused-ring (bicyclic) bond motifs is 1. The number of nitrogens with one attached hydrogen (secondary N) is 1. The standard InChI is InChI=1S/C14H14N4O.C2H6/c1-9-12-4-3-11(14(8-15)5-6-14)7-18(12)17-13(9)16-10(2)19;1-2/h3-4,7H,5-6H2,1-2H3,(H,16,17,19);1-2H3. The van der Waals surface area contributed by atoms with E-state index in [0.717, 1.165) is 29.5 Å². The van der Waals surface area contributed by atoms with Gasteiger partial charge in [0.15, 0.2) is 5.82 Å². The number of nitrogens with zero attached hydrogens (tertiary/aromatic N) is 3. The lowest BCUT2D eigenvalue weighted by Gasteiger charge is -2.05. The smallest absolute Gasteiger partial charge is 0.222 e. The molecule has 0 radical (unpaired) electrons. The number of nitriles is 1. The molecule has 2 aromatic rings. The van der Waals surface area contributed by atoms with Gasteiger partial charge < -0.3 is 5.32 Å². The van der Waals surface area contributed by atoms with Crippen molar-refractivity contribution >= 4 is 17.2 Å². The molecular weight excluding hydrogens is 264 g/mol.